The van der Waals surface area contributed by atoms with Crippen molar-refractivity contribution in [2.75, 3.05) is 0 Å². The number of nitrogens with zero attached hydrogens (tertiary/aromatic N) is 1. The molecule has 1 aromatic carbocycles. The van der Waals surface area contributed by atoms with E-state index in [4.69, 9.17) is 20.9 Å². The maximum atomic E-state index is 13.3. The molecule has 2 aromatic rings. The molecule has 1 aromatic heterocycles. The first-order valence-electron chi connectivity index (χ1n) is 13.9. The van der Waals surface area contributed by atoms with Crippen LogP contribution < -0.4 is 0 Å². The zero-order valence-corrected chi connectivity index (χ0v) is 24.0. The maximum Gasteiger partial charge on any atom is 0.306 e. The highest BCUT2D eigenvalue weighted by Gasteiger charge is 2.42. The molecule has 0 N–H and O–H groups in total. The van der Waals surface area contributed by atoms with E-state index in [0.717, 1.165) is 54.2 Å². The Morgan fingerprint density at radius 2 is 1.84 bits per heavy atom. The van der Waals surface area contributed by atoms with Gasteiger partial charge in [0.05, 0.1) is 12.1 Å². The smallest absolute Gasteiger partial charge is 0.306 e. The number of carbonyl (C=O) groups is 2. The molecule has 202 valence electrons. The van der Waals surface area contributed by atoms with E-state index < -0.39 is 5.60 Å². The van der Waals surface area contributed by atoms with Gasteiger partial charge in [-0.1, -0.05) is 42.7 Å². The average molecular weight is 528 g/mol. The number of aromatic nitrogens is 1. The molecule has 2 aliphatic rings. The van der Waals surface area contributed by atoms with Gasteiger partial charge < -0.3 is 9.26 Å². The summed E-state index contributed by atoms with van der Waals surface area (Å²) in [4.78, 5) is 26.2. The number of ketones is 1. The van der Waals surface area contributed by atoms with Gasteiger partial charge in [0, 0.05) is 35.3 Å². The summed E-state index contributed by atoms with van der Waals surface area (Å²) in [5.74, 6) is 2.60. The van der Waals surface area contributed by atoms with E-state index in [2.05, 4.69) is 19.0 Å². The minimum absolute atomic E-state index is 0.0336. The Labute approximate surface area is 226 Å². The molecule has 0 bridgehead atoms. The first-order valence-corrected chi connectivity index (χ1v) is 14.2. The van der Waals surface area contributed by atoms with Crippen LogP contribution >= 0.6 is 11.6 Å². The lowest BCUT2D eigenvalue weighted by Crippen LogP contribution is -2.26. The standard InChI is InChI=1S/C31H42ClNO4/c1-18(2)11-20-13-24(14-20)30-28(21-9-10-21)29(33-37-30)23(17-27(35)36-31(4,5)6)16-25(34)15-22-8-7-19(3)12-26(22)32/h7-8,12,18,20-21,23-24H,9-11,13-17H2,1-6H3. The van der Waals surface area contributed by atoms with Crippen LogP contribution in [0.5, 0.6) is 0 Å². The third-order valence-corrected chi connectivity index (χ3v) is 7.82. The predicted molar refractivity (Wildman–Crippen MR) is 146 cm³/mol. The molecule has 2 saturated carbocycles. The van der Waals surface area contributed by atoms with Crippen LogP contribution in [0, 0.1) is 18.8 Å². The molecule has 0 saturated heterocycles. The highest BCUT2D eigenvalue weighted by molar-refractivity contribution is 6.31. The molecule has 37 heavy (non-hydrogen) atoms. The van der Waals surface area contributed by atoms with Crippen LogP contribution in [-0.4, -0.2) is 22.5 Å². The molecule has 0 aliphatic heterocycles. The van der Waals surface area contributed by atoms with Crippen molar-refractivity contribution in [3.05, 3.63) is 51.4 Å². The van der Waals surface area contributed by atoms with E-state index in [-0.39, 0.29) is 36.9 Å². The van der Waals surface area contributed by atoms with Crippen molar-refractivity contribution in [1.82, 2.24) is 5.16 Å². The number of rotatable bonds is 11. The van der Waals surface area contributed by atoms with Gasteiger partial charge in [-0.3, -0.25) is 9.59 Å². The van der Waals surface area contributed by atoms with Gasteiger partial charge in [0.1, 0.15) is 17.1 Å². The first kappa shape index (κ1) is 27.9. The molecular weight excluding hydrogens is 486 g/mol. The lowest BCUT2D eigenvalue weighted by Gasteiger charge is -2.35. The molecule has 1 heterocycles. The molecule has 4 rings (SSSR count). The van der Waals surface area contributed by atoms with Crippen molar-refractivity contribution in [2.45, 2.75) is 116 Å². The highest BCUT2D eigenvalue weighted by Crippen LogP contribution is 2.52. The number of carbonyl (C=O) groups excluding carboxylic acids is 2. The number of Topliss-reactive ketones (excluding diaryl/α,β-unsaturated/α-hetero) is 1. The van der Waals surface area contributed by atoms with Crippen molar-refractivity contribution < 1.29 is 18.8 Å². The number of benzene rings is 1. The Hall–Kier alpha value is -2.14. The van der Waals surface area contributed by atoms with Crippen LogP contribution in [0.15, 0.2) is 22.7 Å². The zero-order valence-electron chi connectivity index (χ0n) is 23.2. The Kier molecular flexibility index (Phi) is 8.52. The minimum Gasteiger partial charge on any atom is -0.460 e. The number of hydrogen-bond donors (Lipinski definition) is 0. The highest BCUT2D eigenvalue weighted by atomic mass is 35.5. The summed E-state index contributed by atoms with van der Waals surface area (Å²) in [5.41, 5.74) is 3.23. The maximum absolute atomic E-state index is 13.3. The number of ether oxygens (including phenoxy) is 1. The molecule has 5 nitrogen and oxygen atoms in total. The fourth-order valence-electron chi connectivity index (χ4n) is 5.71. The van der Waals surface area contributed by atoms with Gasteiger partial charge in [-0.05, 0) is 94.7 Å². The van der Waals surface area contributed by atoms with Crippen LogP contribution in [0.4, 0.5) is 0 Å². The zero-order chi connectivity index (χ0) is 26.9. The van der Waals surface area contributed by atoms with Crippen molar-refractivity contribution in [2.24, 2.45) is 11.8 Å². The number of aryl methyl sites for hydroxylation is 1. The summed E-state index contributed by atoms with van der Waals surface area (Å²) < 4.78 is 11.7. The van der Waals surface area contributed by atoms with Crippen molar-refractivity contribution in [3.8, 4) is 0 Å². The van der Waals surface area contributed by atoms with E-state index in [1.807, 2.05) is 45.9 Å². The number of halogens is 1. The number of hydrogen-bond acceptors (Lipinski definition) is 5. The second-order valence-electron chi connectivity index (χ2n) is 12.8. The van der Waals surface area contributed by atoms with Crippen molar-refractivity contribution >= 4 is 23.4 Å². The first-order chi connectivity index (χ1) is 17.4. The predicted octanol–water partition coefficient (Wildman–Crippen LogP) is 8.07. The van der Waals surface area contributed by atoms with E-state index in [9.17, 15) is 9.59 Å². The molecule has 1 unspecified atom stereocenters. The minimum atomic E-state index is -0.591. The van der Waals surface area contributed by atoms with Gasteiger partial charge in [-0.25, -0.2) is 0 Å². The summed E-state index contributed by atoms with van der Waals surface area (Å²) in [7, 11) is 0. The van der Waals surface area contributed by atoms with Crippen LogP contribution in [0.1, 0.15) is 125 Å². The fourth-order valence-corrected chi connectivity index (χ4v) is 6.01. The molecule has 0 amide bonds. The second-order valence-corrected chi connectivity index (χ2v) is 13.2. The van der Waals surface area contributed by atoms with E-state index >= 15 is 0 Å². The quantitative estimate of drug-likeness (QED) is 0.276. The lowest BCUT2D eigenvalue weighted by atomic mass is 9.69. The van der Waals surface area contributed by atoms with Gasteiger partial charge in [0.25, 0.3) is 0 Å². The lowest BCUT2D eigenvalue weighted by molar-refractivity contribution is -0.155. The summed E-state index contributed by atoms with van der Waals surface area (Å²) >= 11 is 6.41. The molecule has 6 heteroatoms. The third kappa shape index (κ3) is 7.46. The molecule has 0 radical (unpaired) electrons. The van der Waals surface area contributed by atoms with Crippen molar-refractivity contribution in [3.63, 3.8) is 0 Å². The molecule has 1 atom stereocenters. The topological polar surface area (TPSA) is 69.4 Å². The van der Waals surface area contributed by atoms with Crippen LogP contribution in [0.25, 0.3) is 0 Å². The number of esters is 1. The van der Waals surface area contributed by atoms with Crippen LogP contribution in [0.3, 0.4) is 0 Å². The average Bonchev–Trinajstić information content (AvgIpc) is 3.49. The van der Waals surface area contributed by atoms with Crippen molar-refractivity contribution in [1.29, 1.82) is 0 Å². The molecule has 2 fully saturated rings. The monoisotopic (exact) mass is 527 g/mol. The summed E-state index contributed by atoms with van der Waals surface area (Å²) in [6.45, 7) is 12.1. The Morgan fingerprint density at radius 3 is 2.43 bits per heavy atom. The van der Waals surface area contributed by atoms with Crippen LogP contribution in [-0.2, 0) is 20.7 Å². The van der Waals surface area contributed by atoms with E-state index in [1.165, 1.54) is 12.0 Å². The van der Waals surface area contributed by atoms with Gasteiger partial charge in [-0.15, -0.1) is 0 Å². The Balaban J connectivity index is 1.56. The van der Waals surface area contributed by atoms with Gasteiger partial charge in [-0.2, -0.15) is 0 Å². The van der Waals surface area contributed by atoms with E-state index in [1.54, 1.807) is 0 Å². The third-order valence-electron chi connectivity index (χ3n) is 7.47. The molecule has 0 spiro atoms. The fraction of sp³-hybridized carbons (Fsp3) is 0.645. The SMILES string of the molecule is Cc1ccc(CC(=O)CC(CC(=O)OC(C)(C)C)c2noc(C3CC(CC(C)C)C3)c2C2CC2)c(Cl)c1. The van der Waals surface area contributed by atoms with Gasteiger partial charge in [0.2, 0.25) is 0 Å². The summed E-state index contributed by atoms with van der Waals surface area (Å²) in [6.07, 6.45) is 6.26. The normalized spacial score (nSPS) is 20.5. The Morgan fingerprint density at radius 1 is 1.14 bits per heavy atom. The van der Waals surface area contributed by atoms with Crippen LogP contribution in [0.2, 0.25) is 5.02 Å². The summed E-state index contributed by atoms with van der Waals surface area (Å²) in [6, 6.07) is 5.75. The Bertz CT molecular complexity index is 1120. The van der Waals surface area contributed by atoms with Gasteiger partial charge in [0.15, 0.2) is 0 Å². The molecular formula is C31H42ClNO4. The summed E-state index contributed by atoms with van der Waals surface area (Å²) in [5, 5.41) is 5.14. The molecule has 2 aliphatic carbocycles. The second kappa shape index (κ2) is 11.3. The van der Waals surface area contributed by atoms with E-state index in [0.29, 0.717) is 22.8 Å². The largest absolute Gasteiger partial charge is 0.460 e. The van der Waals surface area contributed by atoms with Gasteiger partial charge >= 0.3 is 5.97 Å².